The molecule has 2 fully saturated rings. The monoisotopic (exact) mass is 595 g/mol. The quantitative estimate of drug-likeness (QED) is 0.248. The van der Waals surface area contributed by atoms with Crippen molar-refractivity contribution in [3.8, 4) is 22.3 Å². The first-order chi connectivity index (χ1) is 21.7. The Balaban J connectivity index is 1.16. The fraction of sp³-hybridized carbons (Fsp3) is 0.371. The summed E-state index contributed by atoms with van der Waals surface area (Å²) in [4.78, 5) is 30.7. The molecule has 0 saturated carbocycles. The number of ether oxygens (including phenoxy) is 3. The van der Waals surface area contributed by atoms with Gasteiger partial charge in [0.2, 0.25) is 5.91 Å². The van der Waals surface area contributed by atoms with Crippen LogP contribution >= 0.6 is 0 Å². The van der Waals surface area contributed by atoms with E-state index in [1.165, 1.54) is 5.56 Å². The minimum atomic E-state index is -0.179. The molecule has 7 rings (SSSR count). The van der Waals surface area contributed by atoms with E-state index in [2.05, 4.69) is 27.2 Å². The van der Waals surface area contributed by atoms with Crippen molar-refractivity contribution in [1.29, 1.82) is 0 Å². The maximum Gasteiger partial charge on any atom is 0.250 e. The lowest BCUT2D eigenvalue weighted by molar-refractivity contribution is -0.120. The Kier molecular flexibility index (Phi) is 8.43. The Bertz CT molecular complexity index is 1720. The lowest BCUT2D eigenvalue weighted by Gasteiger charge is -2.27. The van der Waals surface area contributed by atoms with Gasteiger partial charge < -0.3 is 28.8 Å². The van der Waals surface area contributed by atoms with Crippen molar-refractivity contribution in [3.05, 3.63) is 82.0 Å². The van der Waals surface area contributed by atoms with Gasteiger partial charge in [0.05, 0.1) is 31.8 Å². The van der Waals surface area contributed by atoms with E-state index >= 15 is 0 Å². The number of morpholine rings is 2. The Morgan fingerprint density at radius 3 is 2.48 bits per heavy atom. The Hall–Kier alpha value is -4.02. The van der Waals surface area contributed by atoms with E-state index in [-0.39, 0.29) is 17.9 Å². The molecule has 0 bridgehead atoms. The maximum absolute atomic E-state index is 13.2. The number of benzene rings is 3. The van der Waals surface area contributed by atoms with Gasteiger partial charge in [-0.3, -0.25) is 14.5 Å². The molecule has 2 saturated heterocycles. The molecule has 1 aliphatic carbocycles. The number of anilines is 2. The van der Waals surface area contributed by atoms with Crippen LogP contribution in [0, 0.1) is 0 Å². The van der Waals surface area contributed by atoms with Gasteiger partial charge in [0, 0.05) is 62.2 Å². The van der Waals surface area contributed by atoms with Gasteiger partial charge >= 0.3 is 0 Å². The molecular formula is C35H37N3O6. The molecule has 2 aliphatic heterocycles. The first-order valence-electron chi connectivity index (χ1n) is 15.5. The van der Waals surface area contributed by atoms with Crippen molar-refractivity contribution in [2.75, 3.05) is 82.6 Å². The molecule has 3 heterocycles. The number of hydrogen-bond donors (Lipinski definition) is 1. The number of para-hydroxylation sites is 1. The van der Waals surface area contributed by atoms with Crippen molar-refractivity contribution in [3.63, 3.8) is 0 Å². The number of carbonyl (C=O) groups is 1. The van der Waals surface area contributed by atoms with Gasteiger partial charge in [0.25, 0.3) is 0 Å². The third-order valence-electron chi connectivity index (χ3n) is 8.70. The number of nitrogens with one attached hydrogen (secondary N) is 1. The summed E-state index contributed by atoms with van der Waals surface area (Å²) >= 11 is 0. The molecule has 0 radical (unpaired) electrons. The van der Waals surface area contributed by atoms with E-state index < -0.39 is 0 Å². The highest BCUT2D eigenvalue weighted by Crippen LogP contribution is 2.47. The maximum atomic E-state index is 13.2. The summed E-state index contributed by atoms with van der Waals surface area (Å²) in [5.74, 6) is 0.383. The van der Waals surface area contributed by atoms with Gasteiger partial charge in [-0.1, -0.05) is 42.5 Å². The van der Waals surface area contributed by atoms with E-state index in [4.69, 9.17) is 18.6 Å². The largest absolute Gasteiger partial charge is 0.440 e. The van der Waals surface area contributed by atoms with Crippen LogP contribution in [0.2, 0.25) is 0 Å². The minimum Gasteiger partial charge on any atom is -0.440 e. The summed E-state index contributed by atoms with van der Waals surface area (Å²) in [5.41, 5.74) is 7.50. The van der Waals surface area contributed by atoms with Gasteiger partial charge in [0.1, 0.15) is 12.2 Å². The third-order valence-corrected chi connectivity index (χ3v) is 8.70. The van der Waals surface area contributed by atoms with Crippen molar-refractivity contribution >= 4 is 28.4 Å². The molecule has 4 aromatic rings. The number of amides is 1. The zero-order valence-corrected chi connectivity index (χ0v) is 24.8. The molecule has 228 valence electrons. The first kappa shape index (κ1) is 28.7. The summed E-state index contributed by atoms with van der Waals surface area (Å²) in [6, 6.07) is 19.6. The Morgan fingerprint density at radius 1 is 0.864 bits per heavy atom. The molecule has 1 aromatic heterocycles. The van der Waals surface area contributed by atoms with Crippen LogP contribution in [0.3, 0.4) is 0 Å². The highest BCUT2D eigenvalue weighted by atomic mass is 16.5. The third kappa shape index (κ3) is 5.88. The number of carbonyl (C=O) groups excluding carboxylic acids is 1. The number of rotatable bonds is 9. The van der Waals surface area contributed by atoms with Gasteiger partial charge in [-0.25, -0.2) is 0 Å². The van der Waals surface area contributed by atoms with Crippen molar-refractivity contribution in [1.82, 2.24) is 4.90 Å². The highest BCUT2D eigenvalue weighted by Gasteiger charge is 2.27. The van der Waals surface area contributed by atoms with Gasteiger partial charge in [-0.15, -0.1) is 0 Å². The fourth-order valence-electron chi connectivity index (χ4n) is 6.49. The lowest BCUT2D eigenvalue weighted by atomic mass is 9.93. The summed E-state index contributed by atoms with van der Waals surface area (Å²) in [6.45, 7) is 7.47. The average molecular weight is 596 g/mol. The minimum absolute atomic E-state index is 0.0000786. The molecule has 0 unspecified atom stereocenters. The summed E-state index contributed by atoms with van der Waals surface area (Å²) in [5, 5.41) is 3.67. The molecular weight excluding hydrogens is 558 g/mol. The standard InChI is InChI=1S/C35H37N3O6/c39-31-22-33(38-14-19-42-20-15-38)44-35-27(7-3-8-28(31)35)26-9-10-30(34-25-6-2-1-5-24(25)21-29(26)34)36-32(40)23-43-16-4-11-37-12-17-41-18-13-37/h1-3,5-10,22H,4,11-21,23H2,(H,36,40). The Labute approximate surface area is 256 Å². The topological polar surface area (TPSA) is 93.5 Å². The Morgan fingerprint density at radius 2 is 1.64 bits per heavy atom. The van der Waals surface area contributed by atoms with Crippen molar-refractivity contribution in [2.45, 2.75) is 12.8 Å². The molecule has 1 amide bonds. The van der Waals surface area contributed by atoms with Crippen molar-refractivity contribution < 1.29 is 23.4 Å². The van der Waals surface area contributed by atoms with Gasteiger partial charge in [-0.05, 0) is 47.2 Å². The van der Waals surface area contributed by atoms with Crippen LogP contribution in [0.4, 0.5) is 11.6 Å². The van der Waals surface area contributed by atoms with Crippen molar-refractivity contribution in [2.24, 2.45) is 0 Å². The second-order valence-electron chi connectivity index (χ2n) is 11.5. The van der Waals surface area contributed by atoms with Gasteiger partial charge in [-0.2, -0.15) is 0 Å². The molecule has 3 aromatic carbocycles. The molecule has 0 spiro atoms. The zero-order chi connectivity index (χ0) is 29.9. The summed E-state index contributed by atoms with van der Waals surface area (Å²) in [6.07, 6.45) is 1.59. The predicted octanol–water partition coefficient (Wildman–Crippen LogP) is 4.55. The molecule has 9 heteroatoms. The second-order valence-corrected chi connectivity index (χ2v) is 11.5. The zero-order valence-electron chi connectivity index (χ0n) is 24.8. The molecule has 3 aliphatic rings. The van der Waals surface area contributed by atoms with Gasteiger partial charge in [0.15, 0.2) is 11.3 Å². The van der Waals surface area contributed by atoms with E-state index in [9.17, 15) is 9.59 Å². The van der Waals surface area contributed by atoms with Crippen LogP contribution in [-0.4, -0.2) is 83.2 Å². The van der Waals surface area contributed by atoms with E-state index in [1.54, 1.807) is 6.07 Å². The van der Waals surface area contributed by atoms with Crippen LogP contribution in [0.5, 0.6) is 0 Å². The van der Waals surface area contributed by atoms with Crippen LogP contribution in [0.1, 0.15) is 17.5 Å². The first-order valence-corrected chi connectivity index (χ1v) is 15.5. The lowest BCUT2D eigenvalue weighted by Crippen LogP contribution is -2.37. The summed E-state index contributed by atoms with van der Waals surface area (Å²) < 4.78 is 23.1. The average Bonchev–Trinajstić information content (AvgIpc) is 3.46. The number of hydrogen-bond acceptors (Lipinski definition) is 8. The SMILES string of the molecule is O=C(COCCCN1CCOCC1)Nc1ccc(-c2cccc3c(=O)cc(N4CCOCC4)oc23)c2c1-c1ccccc1C2. The van der Waals surface area contributed by atoms with Crippen LogP contribution in [-0.2, 0) is 25.4 Å². The predicted molar refractivity (Wildman–Crippen MR) is 171 cm³/mol. The van der Waals surface area contributed by atoms with Crippen LogP contribution < -0.4 is 15.6 Å². The normalized spacial score (nSPS) is 16.6. The van der Waals surface area contributed by atoms with E-state index in [0.29, 0.717) is 56.2 Å². The highest BCUT2D eigenvalue weighted by molar-refractivity contribution is 6.02. The van der Waals surface area contributed by atoms with Crippen LogP contribution in [0.25, 0.3) is 33.2 Å². The van der Waals surface area contributed by atoms with E-state index in [0.717, 1.165) is 72.8 Å². The van der Waals surface area contributed by atoms with Crippen LogP contribution in [0.15, 0.2) is 69.9 Å². The number of nitrogens with zero attached hydrogens (tertiary/aromatic N) is 2. The second kappa shape index (κ2) is 12.9. The molecule has 1 N–H and O–H groups in total. The number of fused-ring (bicyclic) bond motifs is 4. The van der Waals surface area contributed by atoms with E-state index in [1.807, 2.05) is 42.5 Å². The molecule has 9 nitrogen and oxygen atoms in total. The molecule has 0 atom stereocenters. The molecule has 44 heavy (non-hydrogen) atoms. The summed E-state index contributed by atoms with van der Waals surface area (Å²) in [7, 11) is 0. The smallest absolute Gasteiger partial charge is 0.250 e. The fourth-order valence-corrected chi connectivity index (χ4v) is 6.49.